The van der Waals surface area contributed by atoms with Gasteiger partial charge in [-0.3, -0.25) is 4.79 Å². The normalized spacial score (nSPS) is 11.5. The summed E-state index contributed by atoms with van der Waals surface area (Å²) in [6, 6.07) is 20.1. The maximum Gasteiger partial charge on any atom is 0.291 e. The zero-order chi connectivity index (χ0) is 26.6. The van der Waals surface area contributed by atoms with E-state index in [1.54, 1.807) is 54.6 Å². The lowest BCUT2D eigenvalue weighted by Gasteiger charge is -2.26. The largest absolute Gasteiger partial charge is 0.459 e. The third-order valence-electron chi connectivity index (χ3n) is 5.62. The predicted molar refractivity (Wildman–Crippen MR) is 142 cm³/mol. The van der Waals surface area contributed by atoms with Crippen molar-refractivity contribution in [1.29, 1.82) is 0 Å². The summed E-state index contributed by atoms with van der Waals surface area (Å²) >= 11 is 6.09. The molecule has 0 unspecified atom stereocenters. The van der Waals surface area contributed by atoms with Gasteiger partial charge in [0.1, 0.15) is 5.82 Å². The highest BCUT2D eigenvalue weighted by atomic mass is 35.5. The fourth-order valence-corrected chi connectivity index (χ4v) is 5.52. The zero-order valence-electron chi connectivity index (χ0n) is 20.2. The van der Waals surface area contributed by atoms with Crippen LogP contribution in [0.4, 0.5) is 15.8 Å². The van der Waals surface area contributed by atoms with Gasteiger partial charge in [-0.25, -0.2) is 12.8 Å². The minimum atomic E-state index is -4.01. The Morgan fingerprint density at radius 1 is 0.973 bits per heavy atom. The molecular weight excluding hydrogens is 517 g/mol. The lowest BCUT2D eigenvalue weighted by atomic mass is 10.1. The fraction of sp³-hybridized carbons (Fsp3) is 0.148. The second-order valence-electron chi connectivity index (χ2n) is 8.53. The number of carbonyl (C=O) groups excluding carboxylic acids is 1. The highest BCUT2D eigenvalue weighted by molar-refractivity contribution is 7.89. The molecule has 4 aromatic rings. The minimum absolute atomic E-state index is 0.00895. The van der Waals surface area contributed by atoms with Gasteiger partial charge in [-0.2, -0.15) is 4.31 Å². The number of hydrogen-bond donors (Lipinski definition) is 1. The number of sulfonamides is 1. The number of anilines is 2. The minimum Gasteiger partial charge on any atom is -0.459 e. The van der Waals surface area contributed by atoms with Crippen molar-refractivity contribution in [2.45, 2.75) is 18.0 Å². The molecule has 0 aliphatic heterocycles. The summed E-state index contributed by atoms with van der Waals surface area (Å²) in [5.74, 6) is -0.689. The Bertz CT molecular complexity index is 1490. The molecule has 0 spiro atoms. The van der Waals surface area contributed by atoms with Crippen LogP contribution in [-0.2, 0) is 23.1 Å². The molecule has 0 saturated carbocycles. The lowest BCUT2D eigenvalue weighted by Crippen LogP contribution is -2.31. The first-order valence-electron chi connectivity index (χ1n) is 11.3. The summed E-state index contributed by atoms with van der Waals surface area (Å²) in [4.78, 5) is 14.4. The lowest BCUT2D eigenvalue weighted by molar-refractivity contribution is 0.0996. The Hall–Kier alpha value is -3.66. The van der Waals surface area contributed by atoms with Crippen LogP contribution in [0.25, 0.3) is 0 Å². The average molecular weight is 542 g/mol. The first-order valence-corrected chi connectivity index (χ1v) is 13.1. The van der Waals surface area contributed by atoms with Crippen molar-refractivity contribution in [2.24, 2.45) is 0 Å². The van der Waals surface area contributed by atoms with Crippen LogP contribution in [-0.4, -0.2) is 32.7 Å². The third-order valence-corrected chi connectivity index (χ3v) is 7.64. The second kappa shape index (κ2) is 11.2. The van der Waals surface area contributed by atoms with Gasteiger partial charge in [0, 0.05) is 43.6 Å². The van der Waals surface area contributed by atoms with Crippen LogP contribution in [0.2, 0.25) is 5.02 Å². The maximum absolute atomic E-state index is 13.8. The molecule has 0 bridgehead atoms. The van der Waals surface area contributed by atoms with E-state index < -0.39 is 21.7 Å². The smallest absolute Gasteiger partial charge is 0.291 e. The highest BCUT2D eigenvalue weighted by Crippen LogP contribution is 2.29. The molecule has 10 heteroatoms. The molecule has 1 amide bonds. The fourth-order valence-electron chi connectivity index (χ4n) is 3.81. The van der Waals surface area contributed by atoms with E-state index in [2.05, 4.69) is 5.32 Å². The number of hydrogen-bond acceptors (Lipinski definition) is 5. The van der Waals surface area contributed by atoms with Gasteiger partial charge in [-0.1, -0.05) is 29.8 Å². The number of nitrogens with one attached hydrogen (secondary N) is 1. The number of nitrogens with zero attached hydrogens (tertiary/aromatic N) is 2. The summed E-state index contributed by atoms with van der Waals surface area (Å²) in [5, 5.41) is 3.07. The molecule has 4 rings (SSSR count). The number of amides is 1. The van der Waals surface area contributed by atoms with Gasteiger partial charge in [0.05, 0.1) is 11.2 Å². The van der Waals surface area contributed by atoms with Gasteiger partial charge in [-0.15, -0.1) is 0 Å². The topological polar surface area (TPSA) is 82.9 Å². The Balaban J connectivity index is 1.73. The van der Waals surface area contributed by atoms with Crippen LogP contribution in [0.5, 0.6) is 0 Å². The molecule has 0 saturated heterocycles. The third kappa shape index (κ3) is 6.37. The molecule has 0 atom stereocenters. The van der Waals surface area contributed by atoms with Crippen LogP contribution in [0.3, 0.4) is 0 Å². The van der Waals surface area contributed by atoms with E-state index in [9.17, 15) is 17.6 Å². The van der Waals surface area contributed by atoms with E-state index in [1.807, 2.05) is 19.0 Å². The van der Waals surface area contributed by atoms with Crippen molar-refractivity contribution in [2.75, 3.05) is 24.3 Å². The van der Waals surface area contributed by atoms with E-state index in [0.717, 1.165) is 5.69 Å². The predicted octanol–water partition coefficient (Wildman–Crippen LogP) is 5.78. The standard InChI is InChI=1S/C27H25ClFN3O4S/c1-31(2)25-13-12-23(30-27(33)26-7-4-14-36-26)15-20(25)18-32(17-19-8-10-22(29)11-9-19)37(34,35)24-6-3-5-21(28)16-24/h3-16H,17-18H2,1-2H3,(H,30,33). The molecule has 192 valence electrons. The van der Waals surface area contributed by atoms with Crippen molar-refractivity contribution in [3.63, 3.8) is 0 Å². The number of carbonyl (C=O) groups is 1. The van der Waals surface area contributed by atoms with E-state index >= 15 is 0 Å². The number of benzene rings is 3. The van der Waals surface area contributed by atoms with Crippen molar-refractivity contribution in [3.05, 3.63) is 113 Å². The van der Waals surface area contributed by atoms with Crippen LogP contribution in [0.15, 0.2) is 94.4 Å². The van der Waals surface area contributed by atoms with Crippen molar-refractivity contribution >= 4 is 38.9 Å². The van der Waals surface area contributed by atoms with Crippen LogP contribution >= 0.6 is 11.6 Å². The molecule has 7 nitrogen and oxygen atoms in total. The molecule has 1 N–H and O–H groups in total. The van der Waals surface area contributed by atoms with Crippen molar-refractivity contribution in [1.82, 2.24) is 4.31 Å². The van der Waals surface area contributed by atoms with Crippen LogP contribution < -0.4 is 10.2 Å². The Morgan fingerprint density at radius 2 is 1.73 bits per heavy atom. The molecule has 1 heterocycles. The molecule has 3 aromatic carbocycles. The molecular formula is C27H25ClFN3O4S. The van der Waals surface area contributed by atoms with E-state index in [4.69, 9.17) is 16.0 Å². The molecule has 1 aromatic heterocycles. The number of furan rings is 1. The molecule has 0 aliphatic carbocycles. The zero-order valence-corrected chi connectivity index (χ0v) is 21.8. The Labute approximate surface area is 220 Å². The Kier molecular flexibility index (Phi) is 7.97. The average Bonchev–Trinajstić information content (AvgIpc) is 3.40. The quantitative estimate of drug-likeness (QED) is 0.290. The summed E-state index contributed by atoms with van der Waals surface area (Å²) in [6.45, 7) is -0.0326. The van der Waals surface area contributed by atoms with Crippen LogP contribution in [0, 0.1) is 5.82 Å². The van der Waals surface area contributed by atoms with E-state index in [1.165, 1.54) is 34.8 Å². The maximum atomic E-state index is 13.8. The molecule has 37 heavy (non-hydrogen) atoms. The second-order valence-corrected chi connectivity index (χ2v) is 10.9. The van der Waals surface area contributed by atoms with Gasteiger partial charge in [-0.05, 0) is 71.8 Å². The van der Waals surface area contributed by atoms with Gasteiger partial charge < -0.3 is 14.6 Å². The SMILES string of the molecule is CN(C)c1ccc(NC(=O)c2ccco2)cc1CN(Cc1ccc(F)cc1)S(=O)(=O)c1cccc(Cl)c1. The van der Waals surface area contributed by atoms with Gasteiger partial charge in [0.25, 0.3) is 5.91 Å². The summed E-state index contributed by atoms with van der Waals surface area (Å²) in [5.41, 5.74) is 2.50. The molecule has 0 aliphatic rings. The summed E-state index contributed by atoms with van der Waals surface area (Å²) in [6.07, 6.45) is 1.41. The van der Waals surface area contributed by atoms with Gasteiger partial charge in [0.2, 0.25) is 10.0 Å². The number of rotatable bonds is 9. The van der Waals surface area contributed by atoms with Gasteiger partial charge >= 0.3 is 0 Å². The number of halogens is 2. The van der Waals surface area contributed by atoms with Crippen LogP contribution in [0.1, 0.15) is 21.7 Å². The van der Waals surface area contributed by atoms with Gasteiger partial charge in [0.15, 0.2) is 5.76 Å². The molecule has 0 fully saturated rings. The first kappa shape index (κ1) is 26.4. The highest BCUT2D eigenvalue weighted by Gasteiger charge is 2.27. The Morgan fingerprint density at radius 3 is 2.38 bits per heavy atom. The first-order chi connectivity index (χ1) is 17.6. The van der Waals surface area contributed by atoms with Crippen molar-refractivity contribution < 1.29 is 22.0 Å². The molecule has 0 radical (unpaired) electrons. The van der Waals surface area contributed by atoms with E-state index in [-0.39, 0.29) is 23.7 Å². The summed E-state index contributed by atoms with van der Waals surface area (Å²) < 4.78 is 47.5. The van der Waals surface area contributed by atoms with Crippen molar-refractivity contribution in [3.8, 4) is 0 Å². The van der Waals surface area contributed by atoms with E-state index in [0.29, 0.717) is 21.8 Å². The monoisotopic (exact) mass is 541 g/mol. The summed E-state index contributed by atoms with van der Waals surface area (Å²) in [7, 11) is -0.324.